The van der Waals surface area contributed by atoms with Crippen molar-refractivity contribution in [2.45, 2.75) is 12.8 Å². The number of pyridine rings is 1. The Morgan fingerprint density at radius 2 is 2.04 bits per heavy atom. The second-order valence-corrected chi connectivity index (χ2v) is 6.57. The van der Waals surface area contributed by atoms with E-state index in [0.29, 0.717) is 37.3 Å². The van der Waals surface area contributed by atoms with Gasteiger partial charge in [-0.05, 0) is 31.1 Å². The van der Waals surface area contributed by atoms with Gasteiger partial charge in [0.1, 0.15) is 5.65 Å². The number of rotatable bonds is 5. The van der Waals surface area contributed by atoms with Gasteiger partial charge in [0.15, 0.2) is 11.8 Å². The Hall–Kier alpha value is -2.87. The standard InChI is InChI=1S/C18H19ClN4O4/c19-17-13(23-8-2-1-3-14(23)21-17)4-5-16(25)27-11-15(24)22-9-6-12(7-10-22)18(20)26/h1-5,8,12H,6-7,9-11H2,(H2,20,26)/b5-4+. The molecular weight excluding hydrogens is 372 g/mol. The molecule has 3 heterocycles. The molecule has 0 atom stereocenters. The highest BCUT2D eigenvalue weighted by molar-refractivity contribution is 6.31. The lowest BCUT2D eigenvalue weighted by Gasteiger charge is -2.30. The maximum atomic E-state index is 12.1. The van der Waals surface area contributed by atoms with E-state index >= 15 is 0 Å². The Bertz CT molecular complexity index is 900. The maximum Gasteiger partial charge on any atom is 0.331 e. The van der Waals surface area contributed by atoms with Crippen LogP contribution in [0.5, 0.6) is 0 Å². The molecule has 1 fully saturated rings. The first-order valence-electron chi connectivity index (χ1n) is 8.50. The predicted octanol–water partition coefficient (Wildman–Crippen LogP) is 1.27. The van der Waals surface area contributed by atoms with Crippen LogP contribution in [0.15, 0.2) is 30.5 Å². The van der Waals surface area contributed by atoms with Crippen molar-refractivity contribution in [3.8, 4) is 0 Å². The lowest BCUT2D eigenvalue weighted by atomic mass is 9.96. The SMILES string of the molecule is NC(=O)C1CCN(C(=O)COC(=O)/C=C/c2c(Cl)nc3ccccn23)CC1. The van der Waals surface area contributed by atoms with Gasteiger partial charge in [0.25, 0.3) is 5.91 Å². The van der Waals surface area contributed by atoms with E-state index in [2.05, 4.69) is 4.98 Å². The first-order chi connectivity index (χ1) is 13.0. The molecule has 0 radical (unpaired) electrons. The molecule has 1 saturated heterocycles. The van der Waals surface area contributed by atoms with E-state index in [1.165, 1.54) is 12.2 Å². The summed E-state index contributed by atoms with van der Waals surface area (Å²) in [6.07, 6.45) is 5.53. The summed E-state index contributed by atoms with van der Waals surface area (Å²) >= 11 is 6.09. The normalized spacial score (nSPS) is 15.4. The second-order valence-electron chi connectivity index (χ2n) is 6.22. The molecule has 1 aliphatic rings. The summed E-state index contributed by atoms with van der Waals surface area (Å²) in [5.41, 5.74) is 6.47. The van der Waals surface area contributed by atoms with Gasteiger partial charge in [-0.15, -0.1) is 0 Å². The fraction of sp³-hybridized carbons (Fsp3) is 0.333. The smallest absolute Gasteiger partial charge is 0.331 e. The Labute approximate surface area is 160 Å². The van der Waals surface area contributed by atoms with E-state index in [0.717, 1.165) is 0 Å². The third-order valence-electron chi connectivity index (χ3n) is 4.49. The van der Waals surface area contributed by atoms with Crippen molar-refractivity contribution in [3.63, 3.8) is 0 Å². The maximum absolute atomic E-state index is 12.1. The van der Waals surface area contributed by atoms with Crippen molar-refractivity contribution < 1.29 is 19.1 Å². The minimum absolute atomic E-state index is 0.199. The average molecular weight is 391 g/mol. The van der Waals surface area contributed by atoms with Crippen molar-refractivity contribution in [1.29, 1.82) is 0 Å². The Kier molecular flexibility index (Phi) is 5.75. The molecule has 2 amide bonds. The molecule has 2 N–H and O–H groups in total. The van der Waals surface area contributed by atoms with Crippen LogP contribution in [-0.4, -0.2) is 51.8 Å². The topological polar surface area (TPSA) is 107 Å². The molecule has 9 heteroatoms. The van der Waals surface area contributed by atoms with Gasteiger partial charge in [-0.1, -0.05) is 17.7 Å². The van der Waals surface area contributed by atoms with Gasteiger partial charge in [0.05, 0.1) is 5.69 Å². The number of imidazole rings is 1. The van der Waals surface area contributed by atoms with Gasteiger partial charge < -0.3 is 15.4 Å². The minimum Gasteiger partial charge on any atom is -0.452 e. The van der Waals surface area contributed by atoms with Gasteiger partial charge in [-0.2, -0.15) is 0 Å². The molecule has 0 aromatic carbocycles. The number of fused-ring (bicyclic) bond motifs is 1. The number of hydrogen-bond acceptors (Lipinski definition) is 5. The van der Waals surface area contributed by atoms with Gasteiger partial charge in [-0.25, -0.2) is 9.78 Å². The molecule has 27 heavy (non-hydrogen) atoms. The van der Waals surface area contributed by atoms with Crippen LogP contribution in [0.1, 0.15) is 18.5 Å². The van der Waals surface area contributed by atoms with E-state index in [1.807, 2.05) is 12.1 Å². The molecule has 1 aliphatic heterocycles. The quantitative estimate of drug-likeness (QED) is 0.611. The molecule has 0 spiro atoms. The number of ether oxygens (including phenoxy) is 1. The van der Waals surface area contributed by atoms with Crippen LogP contribution in [0.2, 0.25) is 5.15 Å². The molecule has 8 nitrogen and oxygen atoms in total. The zero-order valence-electron chi connectivity index (χ0n) is 14.5. The van der Waals surface area contributed by atoms with Crippen molar-refractivity contribution in [2.24, 2.45) is 11.7 Å². The van der Waals surface area contributed by atoms with Crippen molar-refractivity contribution in [3.05, 3.63) is 41.3 Å². The lowest BCUT2D eigenvalue weighted by Crippen LogP contribution is -2.43. The van der Waals surface area contributed by atoms with Crippen LogP contribution in [0, 0.1) is 5.92 Å². The number of nitrogens with two attached hydrogens (primary N) is 1. The summed E-state index contributed by atoms with van der Waals surface area (Å²) in [7, 11) is 0. The third kappa shape index (κ3) is 4.46. The number of nitrogens with zero attached hydrogens (tertiary/aromatic N) is 3. The van der Waals surface area contributed by atoms with Crippen molar-refractivity contribution >= 4 is 41.1 Å². The number of carbonyl (C=O) groups is 3. The molecular formula is C18H19ClN4O4. The highest BCUT2D eigenvalue weighted by Gasteiger charge is 2.26. The summed E-state index contributed by atoms with van der Waals surface area (Å²) in [6, 6.07) is 5.45. The number of aromatic nitrogens is 2. The highest BCUT2D eigenvalue weighted by atomic mass is 35.5. The molecule has 0 saturated carbocycles. The molecule has 0 unspecified atom stereocenters. The Morgan fingerprint density at radius 1 is 1.30 bits per heavy atom. The molecule has 3 rings (SSSR count). The molecule has 2 aromatic heterocycles. The summed E-state index contributed by atoms with van der Waals surface area (Å²) in [6.45, 7) is 0.500. The van der Waals surface area contributed by atoms with E-state index in [4.69, 9.17) is 22.1 Å². The number of primary amides is 1. The first kappa shape index (κ1) is 18.9. The van der Waals surface area contributed by atoms with Gasteiger partial charge in [0.2, 0.25) is 5.91 Å². The number of amides is 2. The summed E-state index contributed by atoms with van der Waals surface area (Å²) in [4.78, 5) is 40.9. The number of esters is 1. The summed E-state index contributed by atoms with van der Waals surface area (Å²) in [5.74, 6) is -1.50. The third-order valence-corrected chi connectivity index (χ3v) is 4.77. The summed E-state index contributed by atoms with van der Waals surface area (Å²) in [5, 5.41) is 0.263. The van der Waals surface area contributed by atoms with Gasteiger partial charge in [-0.3, -0.25) is 14.0 Å². The zero-order chi connectivity index (χ0) is 19.4. The van der Waals surface area contributed by atoms with Crippen LogP contribution in [0.25, 0.3) is 11.7 Å². The molecule has 2 aromatic rings. The predicted molar refractivity (Wildman–Crippen MR) is 98.7 cm³/mol. The minimum atomic E-state index is -0.655. The monoisotopic (exact) mass is 390 g/mol. The lowest BCUT2D eigenvalue weighted by molar-refractivity contribution is -0.149. The van der Waals surface area contributed by atoms with Crippen LogP contribution < -0.4 is 5.73 Å². The molecule has 0 bridgehead atoms. The number of carbonyl (C=O) groups excluding carboxylic acids is 3. The van der Waals surface area contributed by atoms with E-state index in [1.54, 1.807) is 21.6 Å². The Morgan fingerprint density at radius 3 is 2.74 bits per heavy atom. The summed E-state index contributed by atoms with van der Waals surface area (Å²) < 4.78 is 6.74. The number of piperidine rings is 1. The highest BCUT2D eigenvalue weighted by Crippen LogP contribution is 2.19. The zero-order valence-corrected chi connectivity index (χ0v) is 15.3. The van der Waals surface area contributed by atoms with E-state index in [-0.39, 0.29) is 29.5 Å². The van der Waals surface area contributed by atoms with Gasteiger partial charge >= 0.3 is 5.97 Å². The fourth-order valence-electron chi connectivity index (χ4n) is 2.97. The van der Waals surface area contributed by atoms with Crippen molar-refractivity contribution in [2.75, 3.05) is 19.7 Å². The van der Waals surface area contributed by atoms with Crippen LogP contribution >= 0.6 is 11.6 Å². The number of hydrogen-bond donors (Lipinski definition) is 1. The van der Waals surface area contributed by atoms with Crippen LogP contribution in [-0.2, 0) is 19.1 Å². The number of likely N-dealkylation sites (tertiary alicyclic amines) is 1. The first-order valence-corrected chi connectivity index (χ1v) is 8.88. The largest absolute Gasteiger partial charge is 0.452 e. The number of halogens is 1. The second kappa shape index (κ2) is 8.22. The van der Waals surface area contributed by atoms with Crippen molar-refractivity contribution in [1.82, 2.24) is 14.3 Å². The molecule has 142 valence electrons. The van der Waals surface area contributed by atoms with E-state index < -0.39 is 5.97 Å². The van der Waals surface area contributed by atoms with Crippen LogP contribution in [0.4, 0.5) is 0 Å². The Balaban J connectivity index is 1.52. The molecule has 0 aliphatic carbocycles. The van der Waals surface area contributed by atoms with Gasteiger partial charge in [0, 0.05) is 31.3 Å². The van der Waals surface area contributed by atoms with E-state index in [9.17, 15) is 14.4 Å². The fourth-order valence-corrected chi connectivity index (χ4v) is 3.21. The van der Waals surface area contributed by atoms with Crippen LogP contribution in [0.3, 0.4) is 0 Å². The average Bonchev–Trinajstić information content (AvgIpc) is 2.99.